The molecular formula is C18H24F2N2O8S2. The summed E-state index contributed by atoms with van der Waals surface area (Å²) in [6.07, 6.45) is 0.0645. The van der Waals surface area contributed by atoms with Crippen LogP contribution in [0.15, 0.2) is 18.2 Å². The number of alkyl halides is 1. The Morgan fingerprint density at radius 2 is 1.75 bits per heavy atom. The third-order valence-electron chi connectivity index (χ3n) is 5.12. The molecule has 14 heteroatoms. The zero-order valence-corrected chi connectivity index (χ0v) is 19.1. The number of ether oxygens (including phenoxy) is 1. The summed E-state index contributed by atoms with van der Waals surface area (Å²) in [7, 11) is -7.46. The molecule has 0 saturated carbocycles. The van der Waals surface area contributed by atoms with E-state index in [0.29, 0.717) is 0 Å². The van der Waals surface area contributed by atoms with Crippen molar-refractivity contribution in [2.45, 2.75) is 24.6 Å². The van der Waals surface area contributed by atoms with Gasteiger partial charge in [0.25, 0.3) is 20.2 Å². The molecule has 3 rings (SSSR count). The number of hydrogen-bond donors (Lipinski definition) is 0. The van der Waals surface area contributed by atoms with Crippen molar-refractivity contribution in [3.8, 4) is 0 Å². The van der Waals surface area contributed by atoms with Gasteiger partial charge in [0.2, 0.25) is 0 Å². The first kappa shape index (κ1) is 24.6. The highest BCUT2D eigenvalue weighted by molar-refractivity contribution is 7.86. The van der Waals surface area contributed by atoms with Crippen LogP contribution < -0.4 is 9.80 Å². The van der Waals surface area contributed by atoms with E-state index in [4.69, 9.17) is 4.74 Å². The highest BCUT2D eigenvalue weighted by atomic mass is 32.2. The van der Waals surface area contributed by atoms with Gasteiger partial charge in [-0.15, -0.1) is 0 Å². The molecule has 0 spiro atoms. The van der Waals surface area contributed by atoms with Gasteiger partial charge in [-0.2, -0.15) is 16.8 Å². The first-order valence-corrected chi connectivity index (χ1v) is 13.3. The van der Waals surface area contributed by atoms with Crippen molar-refractivity contribution in [1.82, 2.24) is 0 Å². The second-order valence-corrected chi connectivity index (χ2v) is 11.1. The van der Waals surface area contributed by atoms with Crippen LogP contribution in [0.1, 0.15) is 12.8 Å². The number of piperidine rings is 1. The number of anilines is 2. The van der Waals surface area contributed by atoms with Crippen LogP contribution in [-0.4, -0.2) is 80.1 Å². The van der Waals surface area contributed by atoms with Gasteiger partial charge < -0.3 is 9.64 Å². The minimum atomic E-state index is -3.76. The molecule has 0 aromatic heterocycles. The largest absolute Gasteiger partial charge is 0.441 e. The third-order valence-corrected chi connectivity index (χ3v) is 6.23. The van der Waals surface area contributed by atoms with E-state index < -0.39 is 50.5 Å². The number of amides is 1. The Morgan fingerprint density at radius 1 is 1.12 bits per heavy atom. The molecule has 10 nitrogen and oxygen atoms in total. The van der Waals surface area contributed by atoms with Crippen molar-refractivity contribution in [2.75, 3.05) is 55.2 Å². The molecule has 0 radical (unpaired) electrons. The van der Waals surface area contributed by atoms with Crippen molar-refractivity contribution < 1.29 is 43.5 Å². The monoisotopic (exact) mass is 498 g/mol. The Morgan fingerprint density at radius 3 is 2.31 bits per heavy atom. The first-order chi connectivity index (χ1) is 14.7. The van der Waals surface area contributed by atoms with Gasteiger partial charge in [-0.05, 0) is 18.2 Å². The van der Waals surface area contributed by atoms with Gasteiger partial charge in [0, 0.05) is 25.9 Å². The molecule has 0 N–H and O–H groups in total. The minimum absolute atomic E-state index is 0.0123. The normalized spacial score (nSPS) is 21.6. The Balaban J connectivity index is 1.62. The topological polar surface area (TPSA) is 120 Å². The molecule has 180 valence electrons. The predicted molar refractivity (Wildman–Crippen MR) is 111 cm³/mol. The van der Waals surface area contributed by atoms with Gasteiger partial charge >= 0.3 is 6.09 Å². The second-order valence-electron chi connectivity index (χ2n) is 7.84. The van der Waals surface area contributed by atoms with E-state index in [0.717, 1.165) is 23.5 Å². The summed E-state index contributed by atoms with van der Waals surface area (Å²) in [5.74, 6) is -0.634. The Labute approximate surface area is 185 Å². The van der Waals surface area contributed by atoms with E-state index in [2.05, 4.69) is 8.37 Å². The van der Waals surface area contributed by atoms with Crippen molar-refractivity contribution in [3.05, 3.63) is 24.0 Å². The van der Waals surface area contributed by atoms with Crippen molar-refractivity contribution in [1.29, 1.82) is 0 Å². The van der Waals surface area contributed by atoms with Gasteiger partial charge in [0.1, 0.15) is 30.8 Å². The Bertz CT molecular complexity index is 1070. The number of halogens is 2. The maximum atomic E-state index is 14.8. The van der Waals surface area contributed by atoms with Gasteiger partial charge in [0.15, 0.2) is 0 Å². The van der Waals surface area contributed by atoms with E-state index in [-0.39, 0.29) is 50.5 Å². The Hall–Kier alpha value is -2.03. The standard InChI is InChI=1S/C18H24F2N2O8S2/c1-31(24,25)28-11-14-10-22(17(23)30-14)13-3-4-16(15(19)9-13)21-7-5-18(20,6-8-21)12-29-32(2,26)27/h3-4,9,14H,5-8,10-12H2,1-2H3/t14-/m1/s1. The average Bonchev–Trinajstić information content (AvgIpc) is 3.06. The van der Waals surface area contributed by atoms with Crippen LogP contribution >= 0.6 is 0 Å². The molecule has 0 bridgehead atoms. The average molecular weight is 499 g/mol. The fraction of sp³-hybridized carbons (Fsp3) is 0.611. The maximum absolute atomic E-state index is 14.8. The molecule has 1 amide bonds. The van der Waals surface area contributed by atoms with Crippen molar-refractivity contribution >= 4 is 37.7 Å². The molecule has 1 aromatic rings. The number of cyclic esters (lactones) is 1. The number of benzene rings is 1. The second kappa shape index (κ2) is 9.08. The van der Waals surface area contributed by atoms with Crippen LogP contribution in [0.2, 0.25) is 0 Å². The van der Waals surface area contributed by atoms with Crippen LogP contribution in [0, 0.1) is 5.82 Å². The molecular weight excluding hydrogens is 474 g/mol. The van der Waals surface area contributed by atoms with Gasteiger partial charge in [0.05, 0.1) is 30.4 Å². The van der Waals surface area contributed by atoms with Gasteiger partial charge in [-0.25, -0.2) is 13.6 Å². The van der Waals surface area contributed by atoms with Gasteiger partial charge in [-0.1, -0.05) is 0 Å². The quantitative estimate of drug-likeness (QED) is 0.490. The lowest BCUT2D eigenvalue weighted by Gasteiger charge is -2.37. The van der Waals surface area contributed by atoms with Crippen LogP contribution in [0.3, 0.4) is 0 Å². The highest BCUT2D eigenvalue weighted by Gasteiger charge is 2.37. The smallest absolute Gasteiger partial charge is 0.414 e. The predicted octanol–water partition coefficient (Wildman–Crippen LogP) is 1.41. The fourth-order valence-corrected chi connectivity index (χ4v) is 4.27. The molecule has 1 atom stereocenters. The summed E-state index contributed by atoms with van der Waals surface area (Å²) in [6.45, 7) is -0.638. The summed E-state index contributed by atoms with van der Waals surface area (Å²) in [5, 5.41) is 0. The zero-order valence-electron chi connectivity index (χ0n) is 17.5. The summed E-state index contributed by atoms with van der Waals surface area (Å²) in [6, 6.07) is 4.10. The van der Waals surface area contributed by atoms with E-state index in [9.17, 15) is 30.4 Å². The van der Waals surface area contributed by atoms with Crippen molar-refractivity contribution in [3.63, 3.8) is 0 Å². The first-order valence-electron chi connectivity index (χ1n) is 9.65. The van der Waals surface area contributed by atoms with Crippen LogP contribution in [-0.2, 0) is 33.3 Å². The van der Waals surface area contributed by atoms with Crippen LogP contribution in [0.25, 0.3) is 0 Å². The molecule has 2 aliphatic rings. The molecule has 2 fully saturated rings. The number of carbonyl (C=O) groups is 1. The molecule has 2 aliphatic heterocycles. The summed E-state index contributed by atoms with van der Waals surface area (Å²) < 4.78 is 88.2. The van der Waals surface area contributed by atoms with E-state index in [1.807, 2.05) is 0 Å². The lowest BCUT2D eigenvalue weighted by Crippen LogP contribution is -2.45. The van der Waals surface area contributed by atoms with Gasteiger partial charge in [-0.3, -0.25) is 13.3 Å². The van der Waals surface area contributed by atoms with Crippen molar-refractivity contribution in [2.24, 2.45) is 0 Å². The summed E-state index contributed by atoms with van der Waals surface area (Å²) >= 11 is 0. The van der Waals surface area contributed by atoms with E-state index in [1.54, 1.807) is 4.90 Å². The molecule has 0 unspecified atom stereocenters. The number of nitrogens with zero attached hydrogens (tertiary/aromatic N) is 2. The minimum Gasteiger partial charge on any atom is -0.441 e. The zero-order chi connectivity index (χ0) is 23.7. The molecule has 32 heavy (non-hydrogen) atoms. The highest BCUT2D eigenvalue weighted by Crippen LogP contribution is 2.33. The summed E-state index contributed by atoms with van der Waals surface area (Å²) in [5.41, 5.74) is -1.39. The van der Waals surface area contributed by atoms with E-state index in [1.165, 1.54) is 12.1 Å². The number of hydrogen-bond acceptors (Lipinski definition) is 9. The lowest BCUT2D eigenvalue weighted by molar-refractivity contribution is 0.0631. The van der Waals surface area contributed by atoms with Crippen LogP contribution in [0.5, 0.6) is 0 Å². The third kappa shape index (κ3) is 6.49. The fourth-order valence-electron chi connectivity index (χ4n) is 3.44. The van der Waals surface area contributed by atoms with E-state index >= 15 is 0 Å². The molecule has 0 aliphatic carbocycles. The molecule has 1 aromatic carbocycles. The maximum Gasteiger partial charge on any atom is 0.414 e. The summed E-state index contributed by atoms with van der Waals surface area (Å²) in [4.78, 5) is 14.9. The molecule has 2 saturated heterocycles. The SMILES string of the molecule is CS(=O)(=O)OC[C@H]1CN(c2ccc(N3CCC(F)(COS(C)(=O)=O)CC3)c(F)c2)C(=O)O1. The number of rotatable bonds is 8. The lowest BCUT2D eigenvalue weighted by atomic mass is 9.94. The Kier molecular flexibility index (Phi) is 6.98. The van der Waals surface area contributed by atoms with Crippen LogP contribution in [0.4, 0.5) is 25.0 Å². The number of carbonyl (C=O) groups excluding carboxylic acids is 1. The molecule has 2 heterocycles.